The van der Waals surface area contributed by atoms with E-state index in [9.17, 15) is 0 Å². The van der Waals surface area contributed by atoms with Crippen molar-refractivity contribution >= 4 is 17.2 Å². The number of morpholine rings is 1. The molecule has 2 atom stereocenters. The van der Waals surface area contributed by atoms with Gasteiger partial charge in [0.15, 0.2) is 0 Å². The maximum atomic E-state index is 8.72. The average molecular weight is 398 g/mol. The second-order valence-corrected chi connectivity index (χ2v) is 8.19. The third-order valence-electron chi connectivity index (χ3n) is 5.73. The van der Waals surface area contributed by atoms with E-state index in [1.807, 2.05) is 18.2 Å². The van der Waals surface area contributed by atoms with E-state index in [4.69, 9.17) is 20.6 Å². The van der Waals surface area contributed by atoms with Crippen LogP contribution in [0, 0.1) is 5.41 Å². The molecule has 4 rings (SSSR count). The van der Waals surface area contributed by atoms with Gasteiger partial charge in [0.25, 0.3) is 0 Å². The first-order chi connectivity index (χ1) is 13.9. The number of nitrogens with one attached hydrogen (secondary N) is 1. The van der Waals surface area contributed by atoms with Gasteiger partial charge in [-0.3, -0.25) is 5.41 Å². The van der Waals surface area contributed by atoms with Gasteiger partial charge in [0.1, 0.15) is 23.5 Å². The molecular formula is C22H31N5O2. The molecule has 1 aromatic heterocycles. The van der Waals surface area contributed by atoms with Gasteiger partial charge in [-0.25, -0.2) is 9.97 Å². The number of anilines is 2. The van der Waals surface area contributed by atoms with Gasteiger partial charge < -0.3 is 20.1 Å². The first-order valence-corrected chi connectivity index (χ1v) is 10.3. The van der Waals surface area contributed by atoms with Gasteiger partial charge in [0.05, 0.1) is 23.6 Å². The van der Waals surface area contributed by atoms with E-state index >= 15 is 0 Å². The Labute approximate surface area is 173 Å². The predicted octanol–water partition coefficient (Wildman–Crippen LogP) is 3.66. The molecule has 2 aliphatic rings. The summed E-state index contributed by atoms with van der Waals surface area (Å²) in [5, 5.41) is 8.72. The zero-order valence-electron chi connectivity index (χ0n) is 17.3. The monoisotopic (exact) mass is 397 g/mol. The van der Waals surface area contributed by atoms with Crippen molar-refractivity contribution in [2.75, 3.05) is 23.7 Å². The topological polar surface area (TPSA) is 97.4 Å². The summed E-state index contributed by atoms with van der Waals surface area (Å²) in [6.07, 6.45) is 4.91. The van der Waals surface area contributed by atoms with Crippen LogP contribution in [-0.4, -0.2) is 46.6 Å². The van der Waals surface area contributed by atoms with E-state index in [2.05, 4.69) is 35.6 Å². The summed E-state index contributed by atoms with van der Waals surface area (Å²) in [6, 6.07) is 7.39. The van der Waals surface area contributed by atoms with Crippen molar-refractivity contribution in [2.24, 2.45) is 0 Å². The predicted molar refractivity (Wildman–Crippen MR) is 116 cm³/mol. The summed E-state index contributed by atoms with van der Waals surface area (Å²) < 4.78 is 12.0. The van der Waals surface area contributed by atoms with E-state index in [0.717, 1.165) is 43.9 Å². The summed E-state index contributed by atoms with van der Waals surface area (Å²) in [7, 11) is 0. The van der Waals surface area contributed by atoms with Crippen LogP contribution in [0.1, 0.15) is 52.7 Å². The average Bonchev–Trinajstić information content (AvgIpc) is 3.48. The molecule has 1 aliphatic carbocycles. The Morgan fingerprint density at radius 2 is 2.00 bits per heavy atom. The van der Waals surface area contributed by atoms with Crippen molar-refractivity contribution in [1.29, 1.82) is 5.41 Å². The van der Waals surface area contributed by atoms with Crippen LogP contribution in [0.4, 0.5) is 11.5 Å². The molecule has 0 spiro atoms. The lowest BCUT2D eigenvalue weighted by Crippen LogP contribution is -2.45. The zero-order valence-corrected chi connectivity index (χ0v) is 17.3. The molecule has 156 valence electrons. The maximum absolute atomic E-state index is 8.72. The number of hydrogen-bond acceptors (Lipinski definition) is 7. The van der Waals surface area contributed by atoms with Gasteiger partial charge in [0, 0.05) is 31.8 Å². The normalized spacial score (nSPS) is 22.9. The minimum absolute atomic E-state index is 0. The van der Waals surface area contributed by atoms with Gasteiger partial charge in [0.2, 0.25) is 0 Å². The van der Waals surface area contributed by atoms with Crippen LogP contribution < -0.4 is 15.4 Å². The van der Waals surface area contributed by atoms with E-state index < -0.39 is 0 Å². The van der Waals surface area contributed by atoms with E-state index in [1.165, 1.54) is 6.33 Å². The van der Waals surface area contributed by atoms with Crippen LogP contribution in [0.2, 0.25) is 0 Å². The molecule has 2 aromatic rings. The molecule has 7 nitrogen and oxygen atoms in total. The highest BCUT2D eigenvalue weighted by molar-refractivity contribution is 6.13. The van der Waals surface area contributed by atoms with E-state index in [0.29, 0.717) is 16.9 Å². The van der Waals surface area contributed by atoms with Gasteiger partial charge in [-0.15, -0.1) is 0 Å². The summed E-state index contributed by atoms with van der Waals surface area (Å²) in [5.74, 6) is 1.55. The molecule has 1 saturated carbocycles. The van der Waals surface area contributed by atoms with E-state index in [1.54, 1.807) is 6.07 Å². The van der Waals surface area contributed by atoms with Crippen molar-refractivity contribution in [1.82, 2.24) is 9.97 Å². The van der Waals surface area contributed by atoms with E-state index in [-0.39, 0.29) is 24.9 Å². The standard InChI is InChI=1S/C22H29N5O2.H2/c1-4-22(7-8-22)29-16-5-6-18(23)17(9-16)21(24)19-10-20(26-13-25-19)27-11-14(2)28-15(3)12-27;/h5-6,9-10,13-15,24H,4,7-8,11-12,23H2,1-3H3;1H/t14-,15+;. The Balaban J connectivity index is 0.00000256. The third-order valence-corrected chi connectivity index (χ3v) is 5.73. The number of benzene rings is 1. The van der Waals surface area contributed by atoms with Crippen LogP contribution >= 0.6 is 0 Å². The Bertz CT molecular complexity index is 908. The maximum Gasteiger partial charge on any atom is 0.132 e. The van der Waals surface area contributed by atoms with Crippen LogP contribution in [0.5, 0.6) is 5.75 Å². The molecule has 0 unspecified atom stereocenters. The number of aromatic nitrogens is 2. The summed E-state index contributed by atoms with van der Waals surface area (Å²) >= 11 is 0. The number of rotatable bonds is 6. The lowest BCUT2D eigenvalue weighted by molar-refractivity contribution is -0.00546. The molecule has 3 N–H and O–H groups in total. The number of ether oxygens (including phenoxy) is 2. The van der Waals surface area contributed by atoms with Crippen molar-refractivity contribution < 1.29 is 10.9 Å². The largest absolute Gasteiger partial charge is 0.487 e. The fraction of sp³-hybridized carbons (Fsp3) is 0.500. The number of hydrogen-bond donors (Lipinski definition) is 2. The van der Waals surface area contributed by atoms with Gasteiger partial charge >= 0.3 is 0 Å². The lowest BCUT2D eigenvalue weighted by atomic mass is 10.0. The Kier molecular flexibility index (Phi) is 5.17. The Morgan fingerprint density at radius 1 is 1.28 bits per heavy atom. The van der Waals surface area contributed by atoms with Gasteiger partial charge in [-0.05, 0) is 51.3 Å². The second-order valence-electron chi connectivity index (χ2n) is 8.19. The fourth-order valence-electron chi connectivity index (χ4n) is 3.89. The fourth-order valence-corrected chi connectivity index (χ4v) is 3.89. The van der Waals surface area contributed by atoms with Crippen molar-refractivity contribution in [3.63, 3.8) is 0 Å². The SMILES string of the molecule is CCC1(Oc2ccc(N)c(C(=N)c3cc(N4C[C@@H](C)O[C@@H](C)C4)ncn3)c2)CC1.[HH]. The summed E-state index contributed by atoms with van der Waals surface area (Å²) in [5.41, 5.74) is 8.13. The summed E-state index contributed by atoms with van der Waals surface area (Å²) in [4.78, 5) is 10.9. The molecule has 2 heterocycles. The van der Waals surface area contributed by atoms with Crippen LogP contribution in [0.25, 0.3) is 0 Å². The third kappa shape index (κ3) is 4.19. The smallest absolute Gasteiger partial charge is 0.132 e. The molecule has 29 heavy (non-hydrogen) atoms. The van der Waals surface area contributed by atoms with Crippen molar-refractivity contribution in [3.8, 4) is 5.75 Å². The molecule has 2 fully saturated rings. The molecular weight excluding hydrogens is 366 g/mol. The number of nitrogen functional groups attached to an aromatic ring is 1. The molecule has 7 heteroatoms. The summed E-state index contributed by atoms with van der Waals surface area (Å²) in [6.45, 7) is 7.78. The molecule has 0 bridgehead atoms. The van der Waals surface area contributed by atoms with Gasteiger partial charge in [-0.2, -0.15) is 0 Å². The highest BCUT2D eigenvalue weighted by Gasteiger charge is 2.43. The Hall–Kier alpha value is -2.67. The highest BCUT2D eigenvalue weighted by atomic mass is 16.5. The van der Waals surface area contributed by atoms with Crippen molar-refractivity contribution in [2.45, 2.75) is 57.8 Å². The molecule has 1 aliphatic heterocycles. The van der Waals surface area contributed by atoms with Crippen LogP contribution in [0.3, 0.4) is 0 Å². The zero-order chi connectivity index (χ0) is 20.6. The lowest BCUT2D eigenvalue weighted by Gasteiger charge is -2.36. The number of nitrogens with zero attached hydrogens (tertiary/aromatic N) is 3. The molecule has 1 aromatic carbocycles. The van der Waals surface area contributed by atoms with Crippen molar-refractivity contribution in [3.05, 3.63) is 41.9 Å². The van der Waals surface area contributed by atoms with Gasteiger partial charge in [-0.1, -0.05) is 6.92 Å². The first-order valence-electron chi connectivity index (χ1n) is 10.3. The second kappa shape index (κ2) is 7.63. The Morgan fingerprint density at radius 3 is 2.66 bits per heavy atom. The van der Waals surface area contributed by atoms with Crippen LogP contribution in [-0.2, 0) is 4.74 Å². The number of nitrogens with two attached hydrogens (primary N) is 1. The molecule has 0 amide bonds. The molecule has 1 saturated heterocycles. The minimum atomic E-state index is -0.0403. The van der Waals surface area contributed by atoms with Crippen LogP contribution in [0.15, 0.2) is 30.6 Å². The quantitative estimate of drug-likeness (QED) is 0.570. The minimum Gasteiger partial charge on any atom is -0.487 e. The first kappa shape index (κ1) is 19.6. The highest BCUT2D eigenvalue weighted by Crippen LogP contribution is 2.43. The molecule has 0 radical (unpaired) electrons.